The van der Waals surface area contributed by atoms with Gasteiger partial charge in [0.2, 0.25) is 5.71 Å². The van der Waals surface area contributed by atoms with E-state index in [1.54, 1.807) is 18.5 Å². The van der Waals surface area contributed by atoms with E-state index in [0.717, 1.165) is 68.9 Å². The van der Waals surface area contributed by atoms with Crippen LogP contribution in [0.5, 0.6) is 0 Å². The van der Waals surface area contributed by atoms with Crippen molar-refractivity contribution in [2.45, 2.75) is 76.5 Å². The summed E-state index contributed by atoms with van der Waals surface area (Å²) < 4.78 is 42.4. The van der Waals surface area contributed by atoms with Gasteiger partial charge in [-0.1, -0.05) is 73.2 Å². The molecule has 8 rings (SSSR count). The third-order valence-corrected chi connectivity index (χ3v) is 13.4. The predicted molar refractivity (Wildman–Crippen MR) is 217 cm³/mol. The van der Waals surface area contributed by atoms with Crippen LogP contribution in [0.2, 0.25) is 17.3 Å². The average molecular weight is 942 g/mol. The van der Waals surface area contributed by atoms with E-state index in [2.05, 4.69) is 44.5 Å². The molecule has 0 aliphatic heterocycles. The minimum Gasteiger partial charge on any atom is -0.486 e. The molecule has 0 atom stereocenters. The molecule has 0 unspecified atom stereocenters. The molecule has 5 aromatic heterocycles. The fourth-order valence-electron chi connectivity index (χ4n) is 6.69. The maximum absolute atomic E-state index is 8.76. The Morgan fingerprint density at radius 3 is 2.34 bits per heavy atom. The van der Waals surface area contributed by atoms with Crippen molar-refractivity contribution in [3.63, 3.8) is 0 Å². The van der Waals surface area contributed by atoms with Gasteiger partial charge in [-0.2, -0.15) is 0 Å². The van der Waals surface area contributed by atoms with Crippen molar-refractivity contribution >= 4 is 39.7 Å². The second kappa shape index (κ2) is 16.6. The Kier molecular flexibility index (Phi) is 10.5. The van der Waals surface area contributed by atoms with Gasteiger partial charge in [-0.15, -0.1) is 0 Å². The third-order valence-electron chi connectivity index (χ3n) is 9.21. The van der Waals surface area contributed by atoms with Crippen LogP contribution in [-0.4, -0.2) is 33.2 Å². The molecular weight excluding hydrogens is 889 g/mol. The Hall–Kier alpha value is -3.97. The smallest absolute Gasteiger partial charge is 0.216 e. The number of furan rings is 1. The summed E-state index contributed by atoms with van der Waals surface area (Å²) in [5.41, 5.74) is 6.91. The quantitative estimate of drug-likeness (QED) is 0.118. The zero-order valence-electron chi connectivity index (χ0n) is 35.3. The number of nitrogens with zero attached hydrogens (tertiary/aromatic N) is 4. The van der Waals surface area contributed by atoms with Crippen LogP contribution in [-0.2, 0) is 32.9 Å². The van der Waals surface area contributed by atoms with Gasteiger partial charge in [0, 0.05) is 40.0 Å². The Bertz CT molecular complexity index is 2480. The Morgan fingerprint density at radius 2 is 1.62 bits per heavy atom. The topological polar surface area (TPSA) is 64.7 Å². The second-order valence-corrected chi connectivity index (χ2v) is 26.1. The molecule has 7 heteroatoms. The molecule has 1 fully saturated rings. The molecule has 53 heavy (non-hydrogen) atoms. The molecular formula is C46H48GeIrN4O-2. The normalized spacial score (nSPS) is 15.1. The molecule has 0 bridgehead atoms. The van der Waals surface area contributed by atoms with E-state index in [0.29, 0.717) is 28.1 Å². The first kappa shape index (κ1) is 33.6. The first-order valence-corrected chi connectivity index (χ1v) is 25.5. The monoisotopic (exact) mass is 943 g/mol. The maximum Gasteiger partial charge on any atom is 0.216 e. The van der Waals surface area contributed by atoms with Crippen molar-refractivity contribution in [1.82, 2.24) is 19.9 Å². The molecule has 2 aromatic carbocycles. The van der Waals surface area contributed by atoms with Crippen LogP contribution >= 0.6 is 0 Å². The first-order chi connectivity index (χ1) is 26.6. The van der Waals surface area contributed by atoms with E-state index in [1.807, 2.05) is 106 Å². The van der Waals surface area contributed by atoms with Gasteiger partial charge in [-0.05, 0) is 54.0 Å². The van der Waals surface area contributed by atoms with Crippen molar-refractivity contribution in [3.05, 3.63) is 127 Å². The Morgan fingerprint density at radius 1 is 0.849 bits per heavy atom. The number of hydrogen-bond acceptors (Lipinski definition) is 5. The molecule has 1 radical (unpaired) electrons. The van der Waals surface area contributed by atoms with E-state index < -0.39 is 31.4 Å². The van der Waals surface area contributed by atoms with Crippen LogP contribution in [0.4, 0.5) is 0 Å². The van der Waals surface area contributed by atoms with Gasteiger partial charge < -0.3 is 14.4 Å². The summed E-state index contributed by atoms with van der Waals surface area (Å²) in [6, 6.07) is 30.4. The van der Waals surface area contributed by atoms with Gasteiger partial charge >= 0.3 is 135 Å². The van der Waals surface area contributed by atoms with Gasteiger partial charge in [-0.3, -0.25) is 0 Å². The number of hydrogen-bond donors (Lipinski definition) is 0. The average Bonchev–Trinajstić information content (AvgIpc) is 3.87. The molecule has 7 aromatic rings. The summed E-state index contributed by atoms with van der Waals surface area (Å²) in [6.07, 6.45) is 9.57. The number of rotatable bonds is 7. The number of aromatic nitrogens is 4. The van der Waals surface area contributed by atoms with E-state index in [9.17, 15) is 0 Å². The molecule has 0 amide bonds. The molecule has 273 valence electrons. The zero-order chi connectivity index (χ0) is 39.9. The van der Waals surface area contributed by atoms with Crippen LogP contribution in [0.15, 0.2) is 108 Å². The standard InChI is InChI=1S/C27H22N3O.C19H26GeN.Ir/c1-2-8-20(9-3-1)24-11-10-21-22-16-28-17-23(26(22)31-27(21)30-24)25-15-19(12-13-29-25)14-18-6-4-5-7-18;1-19(2,3)13-16-12-18(15-10-8-7-9-11-15)21-14-17(16)20(4,5)6;/h1-3,8-13,15-16,18H,4-7,14H2;7-10,12,14H,13H2,1-6H3;/q2*-1;/i14D2;13D2;. The molecule has 5 heterocycles. The third kappa shape index (κ3) is 9.40. The molecule has 0 N–H and O–H groups in total. The van der Waals surface area contributed by atoms with Gasteiger partial charge in [0.15, 0.2) is 0 Å². The van der Waals surface area contributed by atoms with E-state index in [4.69, 9.17) is 14.9 Å². The largest absolute Gasteiger partial charge is 0.486 e. The molecule has 1 aliphatic rings. The zero-order valence-corrected chi connectivity index (χ0v) is 35.7. The van der Waals surface area contributed by atoms with Crippen molar-refractivity contribution in [3.8, 4) is 33.8 Å². The Balaban J connectivity index is 0.000000203. The Labute approximate surface area is 336 Å². The van der Waals surface area contributed by atoms with E-state index >= 15 is 0 Å². The summed E-state index contributed by atoms with van der Waals surface area (Å²) in [7, 11) is 0. The molecule has 5 nitrogen and oxygen atoms in total. The van der Waals surface area contributed by atoms with Crippen LogP contribution in [0.25, 0.3) is 55.8 Å². The van der Waals surface area contributed by atoms with Gasteiger partial charge in [0.25, 0.3) is 0 Å². The van der Waals surface area contributed by atoms with Crippen LogP contribution in [0, 0.1) is 23.6 Å². The van der Waals surface area contributed by atoms with Crippen LogP contribution in [0.3, 0.4) is 0 Å². The SMILES string of the molecule is [2H]C([2H])(c1cc(-c2[c-]cccc2)nc[c]1[Ge]([CH3])([CH3])[CH3])C(C)(C)C.[2H]C([2H])(c1ccnc(-c2[c-]ncc3c2oc2nc(-c4ccccc4)ccc23)c1)C1CCCC1.[Ir]. The summed E-state index contributed by atoms with van der Waals surface area (Å²) in [6.45, 7) is 5.88. The maximum atomic E-state index is 8.76. The summed E-state index contributed by atoms with van der Waals surface area (Å²) in [4.78, 5) is 18.2. The van der Waals surface area contributed by atoms with Crippen LogP contribution in [0.1, 0.15) is 63.1 Å². The van der Waals surface area contributed by atoms with Crippen molar-refractivity contribution in [2.75, 3.05) is 0 Å². The molecule has 0 spiro atoms. The number of fused-ring (bicyclic) bond motifs is 3. The van der Waals surface area contributed by atoms with E-state index in [-0.39, 0.29) is 26.0 Å². The molecule has 1 saturated carbocycles. The van der Waals surface area contributed by atoms with Gasteiger partial charge in [-0.25, -0.2) is 4.98 Å². The first-order valence-electron chi connectivity index (χ1n) is 20.2. The number of benzene rings is 2. The molecule has 0 saturated heterocycles. The van der Waals surface area contributed by atoms with E-state index in [1.165, 1.54) is 0 Å². The van der Waals surface area contributed by atoms with Gasteiger partial charge in [0.1, 0.15) is 0 Å². The molecule has 1 aliphatic carbocycles. The summed E-state index contributed by atoms with van der Waals surface area (Å²) in [5.74, 6) is 6.90. The predicted octanol–water partition coefficient (Wildman–Crippen LogP) is 11.3. The second-order valence-electron chi connectivity index (χ2n) is 15.6. The van der Waals surface area contributed by atoms with Gasteiger partial charge in [0.05, 0.1) is 11.3 Å². The van der Waals surface area contributed by atoms with Crippen LogP contribution < -0.4 is 4.40 Å². The minimum atomic E-state index is -2.24. The van der Waals surface area contributed by atoms with Crippen molar-refractivity contribution < 1.29 is 30.0 Å². The minimum absolute atomic E-state index is 0. The van der Waals surface area contributed by atoms with Crippen molar-refractivity contribution in [1.29, 1.82) is 0 Å². The summed E-state index contributed by atoms with van der Waals surface area (Å²) >= 11 is -2.24. The fraction of sp³-hybridized carbons (Fsp3) is 0.304. The summed E-state index contributed by atoms with van der Waals surface area (Å²) in [5, 5.41) is 1.72. The number of pyridine rings is 4. The van der Waals surface area contributed by atoms with Crippen molar-refractivity contribution in [2.24, 2.45) is 11.3 Å². The fourth-order valence-corrected chi connectivity index (χ4v) is 9.62.